The predicted molar refractivity (Wildman–Crippen MR) is 69.2 cm³/mol. The molecule has 0 radical (unpaired) electrons. The first-order valence-corrected chi connectivity index (χ1v) is 8.09. The van der Waals surface area contributed by atoms with E-state index in [0.717, 1.165) is 12.0 Å². The fourth-order valence-corrected chi connectivity index (χ4v) is 1.41. The van der Waals surface area contributed by atoms with E-state index in [0.29, 0.717) is 5.75 Å². The SMILES string of the molecule is COc1cnc(NC(=O)N/C=C/P(=O)(Cl)Cl)nc1. The van der Waals surface area contributed by atoms with Crippen molar-refractivity contribution in [2.75, 3.05) is 12.4 Å². The molecule has 0 saturated carbocycles. The molecule has 1 aromatic rings. The molecule has 2 N–H and O–H groups in total. The van der Waals surface area contributed by atoms with Crippen LogP contribution in [0.5, 0.6) is 5.75 Å². The molecule has 0 bridgehead atoms. The van der Waals surface area contributed by atoms with Gasteiger partial charge in [-0.1, -0.05) is 0 Å². The van der Waals surface area contributed by atoms with Crippen LogP contribution in [0, 0.1) is 0 Å². The molecule has 0 aromatic carbocycles. The van der Waals surface area contributed by atoms with Crippen molar-refractivity contribution < 1.29 is 14.1 Å². The summed E-state index contributed by atoms with van der Waals surface area (Å²) in [4.78, 5) is 18.9. The van der Waals surface area contributed by atoms with Crippen molar-refractivity contribution in [1.29, 1.82) is 0 Å². The number of methoxy groups -OCH3 is 1. The van der Waals surface area contributed by atoms with Crippen LogP contribution in [0.1, 0.15) is 0 Å². The Balaban J connectivity index is 2.49. The van der Waals surface area contributed by atoms with Crippen LogP contribution in [0.4, 0.5) is 10.7 Å². The average Bonchev–Trinajstić information content (AvgIpc) is 2.28. The van der Waals surface area contributed by atoms with E-state index in [4.69, 9.17) is 27.2 Å². The summed E-state index contributed by atoms with van der Waals surface area (Å²) < 4.78 is 15.7. The highest BCUT2D eigenvalue weighted by Gasteiger charge is 2.07. The lowest BCUT2D eigenvalue weighted by Gasteiger charge is -2.03. The van der Waals surface area contributed by atoms with E-state index in [1.54, 1.807) is 0 Å². The quantitative estimate of drug-likeness (QED) is 0.834. The molecular formula is C8H9Cl2N4O3P. The van der Waals surface area contributed by atoms with Gasteiger partial charge in [0.1, 0.15) is 0 Å². The van der Waals surface area contributed by atoms with Crippen LogP contribution in [-0.4, -0.2) is 23.1 Å². The lowest BCUT2D eigenvalue weighted by molar-refractivity contribution is 0.255. The Morgan fingerprint density at radius 1 is 1.44 bits per heavy atom. The molecule has 0 saturated heterocycles. The second-order valence-corrected chi connectivity index (χ2v) is 7.70. The number of carbonyl (C=O) groups is 1. The molecule has 1 aromatic heterocycles. The maximum Gasteiger partial charge on any atom is 0.325 e. The van der Waals surface area contributed by atoms with Gasteiger partial charge >= 0.3 is 6.03 Å². The van der Waals surface area contributed by atoms with E-state index in [2.05, 4.69) is 20.6 Å². The van der Waals surface area contributed by atoms with E-state index < -0.39 is 11.9 Å². The third kappa shape index (κ3) is 5.86. The van der Waals surface area contributed by atoms with Gasteiger partial charge in [0, 0.05) is 12.0 Å². The number of ether oxygens (including phenoxy) is 1. The van der Waals surface area contributed by atoms with Crippen molar-refractivity contribution in [3.8, 4) is 5.75 Å². The van der Waals surface area contributed by atoms with Crippen molar-refractivity contribution in [2.24, 2.45) is 0 Å². The Morgan fingerprint density at radius 3 is 2.56 bits per heavy atom. The Bertz CT molecular complexity index is 488. The van der Waals surface area contributed by atoms with E-state index in [1.165, 1.54) is 19.5 Å². The van der Waals surface area contributed by atoms with Gasteiger partial charge in [0.25, 0.3) is 5.85 Å². The number of anilines is 1. The molecule has 0 aliphatic carbocycles. The molecule has 0 fully saturated rings. The van der Waals surface area contributed by atoms with Crippen LogP contribution < -0.4 is 15.4 Å². The van der Waals surface area contributed by atoms with E-state index in [1.807, 2.05) is 0 Å². The van der Waals surface area contributed by atoms with E-state index in [-0.39, 0.29) is 5.95 Å². The smallest absolute Gasteiger partial charge is 0.325 e. The number of carbonyl (C=O) groups excluding carboxylic acids is 1. The standard InChI is InChI=1S/C8H9Cl2N4O3P/c1-17-6-4-12-7(13-5-6)14-8(15)11-2-3-18(9,10)16/h2-5H,1H3,(H2,11,12,13,14,15)/b3-2+. The highest BCUT2D eigenvalue weighted by atomic mass is 35.9. The molecule has 0 atom stereocenters. The molecule has 10 heteroatoms. The second kappa shape index (κ2) is 6.58. The number of amides is 2. The monoisotopic (exact) mass is 310 g/mol. The van der Waals surface area contributed by atoms with E-state index >= 15 is 0 Å². The molecular weight excluding hydrogens is 302 g/mol. The van der Waals surface area contributed by atoms with Crippen LogP contribution in [0.3, 0.4) is 0 Å². The number of rotatable bonds is 4. The molecule has 0 unspecified atom stereocenters. The summed E-state index contributed by atoms with van der Waals surface area (Å²) in [6.45, 7) is 0. The minimum Gasteiger partial charge on any atom is -0.494 e. The summed E-state index contributed by atoms with van der Waals surface area (Å²) in [5.41, 5.74) is 0. The largest absolute Gasteiger partial charge is 0.494 e. The van der Waals surface area contributed by atoms with Crippen molar-refractivity contribution in [3.05, 3.63) is 24.4 Å². The lowest BCUT2D eigenvalue weighted by atomic mass is 10.6. The molecule has 0 spiro atoms. The van der Waals surface area contributed by atoms with Gasteiger partial charge < -0.3 is 10.1 Å². The minimum atomic E-state index is -3.34. The highest BCUT2D eigenvalue weighted by Crippen LogP contribution is 2.57. The van der Waals surface area contributed by atoms with Crippen molar-refractivity contribution >= 4 is 40.3 Å². The van der Waals surface area contributed by atoms with Gasteiger partial charge in [0.2, 0.25) is 5.95 Å². The fourth-order valence-electron chi connectivity index (χ4n) is 0.824. The zero-order valence-electron chi connectivity index (χ0n) is 9.13. The fraction of sp³-hybridized carbons (Fsp3) is 0.125. The number of nitrogens with zero attached hydrogens (tertiary/aromatic N) is 2. The zero-order valence-corrected chi connectivity index (χ0v) is 11.5. The zero-order chi connectivity index (χ0) is 13.6. The number of halogens is 2. The first-order valence-electron chi connectivity index (χ1n) is 4.51. The second-order valence-electron chi connectivity index (χ2n) is 2.86. The van der Waals surface area contributed by atoms with Crippen molar-refractivity contribution in [3.63, 3.8) is 0 Å². The summed E-state index contributed by atoms with van der Waals surface area (Å²) in [6.07, 6.45) is 3.86. The van der Waals surface area contributed by atoms with Gasteiger partial charge in [0.15, 0.2) is 5.75 Å². The first-order chi connectivity index (χ1) is 8.40. The maximum absolute atomic E-state index is 11.3. The van der Waals surface area contributed by atoms with Gasteiger partial charge in [-0.2, -0.15) is 0 Å². The van der Waals surface area contributed by atoms with Gasteiger partial charge in [0.05, 0.1) is 19.5 Å². The molecule has 0 aliphatic heterocycles. The van der Waals surface area contributed by atoms with Crippen LogP contribution >= 0.6 is 28.3 Å². The third-order valence-corrected chi connectivity index (χ3v) is 2.72. The number of urea groups is 1. The Labute approximate surface area is 112 Å². The van der Waals surface area contributed by atoms with Crippen LogP contribution in [0.2, 0.25) is 0 Å². The molecule has 7 nitrogen and oxygen atoms in total. The molecule has 2 amide bonds. The third-order valence-electron chi connectivity index (χ3n) is 1.55. The Morgan fingerprint density at radius 2 is 2.06 bits per heavy atom. The molecule has 18 heavy (non-hydrogen) atoms. The van der Waals surface area contributed by atoms with Gasteiger partial charge in [-0.3, -0.25) is 9.88 Å². The molecule has 98 valence electrons. The molecule has 1 heterocycles. The van der Waals surface area contributed by atoms with Crippen LogP contribution in [0.15, 0.2) is 24.4 Å². The summed E-state index contributed by atoms with van der Waals surface area (Å²) in [6, 6.07) is -0.627. The predicted octanol–water partition coefficient (Wildman–Crippen LogP) is 2.75. The number of aromatic nitrogens is 2. The topological polar surface area (TPSA) is 93.2 Å². The van der Waals surface area contributed by atoms with E-state index in [9.17, 15) is 9.36 Å². The number of hydrogen-bond acceptors (Lipinski definition) is 5. The summed E-state index contributed by atoms with van der Waals surface area (Å²) in [5.74, 6) is -1.82. The number of hydrogen-bond donors (Lipinski definition) is 2. The summed E-state index contributed by atoms with van der Waals surface area (Å²) >= 11 is 10.5. The van der Waals surface area contributed by atoms with Crippen LogP contribution in [0.25, 0.3) is 0 Å². The minimum absolute atomic E-state index is 0.0848. The lowest BCUT2D eigenvalue weighted by Crippen LogP contribution is -2.24. The summed E-state index contributed by atoms with van der Waals surface area (Å²) in [7, 11) is 1.47. The van der Waals surface area contributed by atoms with Gasteiger partial charge in [-0.05, 0) is 22.5 Å². The van der Waals surface area contributed by atoms with Crippen molar-refractivity contribution in [2.45, 2.75) is 0 Å². The van der Waals surface area contributed by atoms with Gasteiger partial charge in [-0.25, -0.2) is 14.8 Å². The van der Waals surface area contributed by atoms with Crippen LogP contribution in [-0.2, 0) is 4.57 Å². The first kappa shape index (κ1) is 14.8. The maximum atomic E-state index is 11.3. The molecule has 1 rings (SSSR count). The average molecular weight is 311 g/mol. The highest BCUT2D eigenvalue weighted by molar-refractivity contribution is 8.10. The van der Waals surface area contributed by atoms with Gasteiger partial charge in [-0.15, -0.1) is 0 Å². The number of nitrogens with one attached hydrogen (secondary N) is 2. The van der Waals surface area contributed by atoms with Crippen molar-refractivity contribution in [1.82, 2.24) is 15.3 Å². The molecule has 0 aliphatic rings. The Kier molecular flexibility index (Phi) is 5.40. The Hall–Kier alpha value is -1.30. The normalized spacial score (nSPS) is 11.3. The summed E-state index contributed by atoms with van der Waals surface area (Å²) in [5, 5.41) is 4.56.